The van der Waals surface area contributed by atoms with Gasteiger partial charge in [-0.25, -0.2) is 0 Å². The summed E-state index contributed by atoms with van der Waals surface area (Å²) >= 11 is 10.2. The largest absolute Gasteiger partial charge is 0.456 e. The Bertz CT molecular complexity index is 728. The van der Waals surface area contributed by atoms with E-state index in [1.807, 2.05) is 54.6 Å². The number of benzene rings is 1. The van der Waals surface area contributed by atoms with Crippen molar-refractivity contribution in [2.24, 2.45) is 0 Å². The van der Waals surface area contributed by atoms with Crippen LogP contribution in [0.1, 0.15) is 23.7 Å². The number of ether oxygens (including phenoxy) is 1. The quantitative estimate of drug-likeness (QED) is 0.448. The number of hydrogen-bond acceptors (Lipinski definition) is 2. The highest BCUT2D eigenvalue weighted by molar-refractivity contribution is 14.1. The number of rotatable bonds is 4. The standard InChI is InChI=1S/C15H14ClI2NO2/c1-3-12-8(2)19-15(20)13(18)14(12)21-11-5-9(7-16)4-10(17)6-11/h4-6H,3,7H2,1-2H3,(H,19,20). The maximum Gasteiger partial charge on any atom is 0.265 e. The van der Waals surface area contributed by atoms with Crippen LogP contribution >= 0.6 is 56.8 Å². The number of nitrogens with one attached hydrogen (secondary N) is 1. The first-order valence-corrected chi connectivity index (χ1v) is 9.10. The summed E-state index contributed by atoms with van der Waals surface area (Å²) in [6, 6.07) is 5.85. The molecule has 0 aliphatic rings. The fourth-order valence-corrected chi connectivity index (χ4v) is 3.54. The van der Waals surface area contributed by atoms with Gasteiger partial charge in [0, 0.05) is 20.7 Å². The molecular formula is C15H14ClI2NO2. The fourth-order valence-electron chi connectivity index (χ4n) is 2.11. The van der Waals surface area contributed by atoms with Crippen LogP contribution in [0.2, 0.25) is 0 Å². The van der Waals surface area contributed by atoms with E-state index in [-0.39, 0.29) is 5.56 Å². The van der Waals surface area contributed by atoms with Crippen LogP contribution in [0.15, 0.2) is 23.0 Å². The van der Waals surface area contributed by atoms with Crippen molar-refractivity contribution >= 4 is 56.8 Å². The molecule has 0 aliphatic carbocycles. The Kier molecular flexibility index (Phi) is 5.96. The summed E-state index contributed by atoms with van der Waals surface area (Å²) in [5, 5.41) is 0. The lowest BCUT2D eigenvalue weighted by Gasteiger charge is -2.14. The minimum absolute atomic E-state index is 0.122. The SMILES string of the molecule is CCc1c(C)[nH]c(=O)c(I)c1Oc1cc(I)cc(CCl)c1. The van der Waals surface area contributed by atoms with E-state index in [2.05, 4.69) is 27.6 Å². The monoisotopic (exact) mass is 529 g/mol. The normalized spacial score (nSPS) is 10.7. The predicted octanol–water partition coefficient (Wildman–Crippen LogP) is 4.99. The van der Waals surface area contributed by atoms with E-state index in [9.17, 15) is 4.79 Å². The van der Waals surface area contributed by atoms with Crippen LogP contribution in [0, 0.1) is 14.1 Å². The number of halogens is 3. The molecule has 112 valence electrons. The van der Waals surface area contributed by atoms with Crippen LogP contribution < -0.4 is 10.3 Å². The van der Waals surface area contributed by atoms with Crippen molar-refractivity contribution in [2.45, 2.75) is 26.1 Å². The lowest BCUT2D eigenvalue weighted by atomic mass is 10.1. The molecule has 0 radical (unpaired) electrons. The Labute approximate surface area is 155 Å². The van der Waals surface area contributed by atoms with Crippen LogP contribution in [0.3, 0.4) is 0 Å². The summed E-state index contributed by atoms with van der Waals surface area (Å²) in [5.74, 6) is 1.77. The summed E-state index contributed by atoms with van der Waals surface area (Å²) < 4.78 is 7.65. The second kappa shape index (κ2) is 7.32. The van der Waals surface area contributed by atoms with E-state index in [4.69, 9.17) is 16.3 Å². The van der Waals surface area contributed by atoms with Crippen molar-refractivity contribution in [3.8, 4) is 11.5 Å². The van der Waals surface area contributed by atoms with Gasteiger partial charge in [0.05, 0.1) is 0 Å². The molecule has 0 fully saturated rings. The summed E-state index contributed by atoms with van der Waals surface area (Å²) in [6.07, 6.45) is 0.792. The predicted molar refractivity (Wildman–Crippen MR) is 103 cm³/mol. The van der Waals surface area contributed by atoms with Gasteiger partial charge in [-0.15, -0.1) is 11.6 Å². The first-order chi connectivity index (χ1) is 9.96. The summed E-state index contributed by atoms with van der Waals surface area (Å²) in [5.41, 5.74) is 2.74. The fraction of sp³-hybridized carbons (Fsp3) is 0.267. The van der Waals surface area contributed by atoms with Gasteiger partial charge in [-0.05, 0) is 82.3 Å². The Hall–Kier alpha value is -0.280. The van der Waals surface area contributed by atoms with E-state index in [0.29, 0.717) is 20.9 Å². The lowest BCUT2D eigenvalue weighted by Crippen LogP contribution is -2.15. The molecule has 1 heterocycles. The number of aryl methyl sites for hydroxylation is 1. The van der Waals surface area contributed by atoms with Crippen LogP contribution in [-0.4, -0.2) is 4.98 Å². The first-order valence-electron chi connectivity index (χ1n) is 6.40. The van der Waals surface area contributed by atoms with E-state index in [1.165, 1.54) is 0 Å². The van der Waals surface area contributed by atoms with Crippen LogP contribution in [-0.2, 0) is 12.3 Å². The smallest absolute Gasteiger partial charge is 0.265 e. The number of pyridine rings is 1. The van der Waals surface area contributed by atoms with Gasteiger partial charge in [-0.3, -0.25) is 4.79 Å². The number of aromatic nitrogens is 1. The van der Waals surface area contributed by atoms with Crippen LogP contribution in [0.4, 0.5) is 0 Å². The van der Waals surface area contributed by atoms with Gasteiger partial charge in [0.1, 0.15) is 9.32 Å². The molecule has 21 heavy (non-hydrogen) atoms. The van der Waals surface area contributed by atoms with Gasteiger partial charge in [-0.2, -0.15) is 0 Å². The molecule has 1 aromatic heterocycles. The molecule has 0 bridgehead atoms. The average Bonchev–Trinajstić information content (AvgIpc) is 2.44. The topological polar surface area (TPSA) is 42.1 Å². The molecule has 2 aromatic rings. The zero-order chi connectivity index (χ0) is 15.6. The first kappa shape index (κ1) is 17.1. The Morgan fingerprint density at radius 3 is 2.62 bits per heavy atom. The van der Waals surface area contributed by atoms with Crippen molar-refractivity contribution in [3.05, 3.63) is 52.5 Å². The molecule has 3 nitrogen and oxygen atoms in total. The second-order valence-corrected chi connectivity index (χ2v) is 7.18. The molecule has 0 aliphatic heterocycles. The molecule has 0 spiro atoms. The van der Waals surface area contributed by atoms with Crippen LogP contribution in [0.25, 0.3) is 0 Å². The molecule has 0 saturated carbocycles. The highest BCUT2D eigenvalue weighted by atomic mass is 127. The Morgan fingerprint density at radius 2 is 2.00 bits per heavy atom. The second-order valence-electron chi connectivity index (χ2n) is 4.59. The molecule has 0 amide bonds. The minimum atomic E-state index is -0.122. The third-order valence-electron chi connectivity index (χ3n) is 3.09. The Balaban J connectivity index is 2.53. The van der Waals surface area contributed by atoms with E-state index < -0.39 is 0 Å². The molecule has 2 rings (SSSR count). The molecule has 1 aromatic carbocycles. The molecule has 0 saturated heterocycles. The lowest BCUT2D eigenvalue weighted by molar-refractivity contribution is 0.469. The van der Waals surface area contributed by atoms with Crippen molar-refractivity contribution in [1.29, 1.82) is 0 Å². The highest BCUT2D eigenvalue weighted by Crippen LogP contribution is 2.31. The van der Waals surface area contributed by atoms with Gasteiger partial charge in [0.15, 0.2) is 5.75 Å². The van der Waals surface area contributed by atoms with Gasteiger partial charge in [-0.1, -0.05) is 6.92 Å². The maximum atomic E-state index is 11.9. The van der Waals surface area contributed by atoms with Crippen LogP contribution in [0.5, 0.6) is 11.5 Å². The third kappa shape index (κ3) is 3.92. The van der Waals surface area contributed by atoms with E-state index in [0.717, 1.165) is 26.8 Å². The zero-order valence-corrected chi connectivity index (χ0v) is 16.7. The molecule has 6 heteroatoms. The van der Waals surface area contributed by atoms with Crippen molar-refractivity contribution in [2.75, 3.05) is 0 Å². The summed E-state index contributed by atoms with van der Waals surface area (Å²) in [6.45, 7) is 3.94. The van der Waals surface area contributed by atoms with Crippen molar-refractivity contribution in [3.63, 3.8) is 0 Å². The van der Waals surface area contributed by atoms with E-state index >= 15 is 0 Å². The van der Waals surface area contributed by atoms with Gasteiger partial charge in [0.2, 0.25) is 0 Å². The van der Waals surface area contributed by atoms with Gasteiger partial charge < -0.3 is 9.72 Å². The molecule has 1 N–H and O–H groups in total. The number of alkyl halides is 1. The average molecular weight is 530 g/mol. The third-order valence-corrected chi connectivity index (χ3v) is 5.00. The molecule has 0 atom stereocenters. The maximum absolute atomic E-state index is 11.9. The summed E-state index contributed by atoms with van der Waals surface area (Å²) in [4.78, 5) is 14.8. The highest BCUT2D eigenvalue weighted by Gasteiger charge is 2.15. The van der Waals surface area contributed by atoms with E-state index in [1.54, 1.807) is 0 Å². The van der Waals surface area contributed by atoms with Gasteiger partial charge in [0.25, 0.3) is 5.56 Å². The zero-order valence-electron chi connectivity index (χ0n) is 11.6. The number of aromatic amines is 1. The number of H-pyrrole nitrogens is 1. The molecule has 0 unspecified atom stereocenters. The summed E-state index contributed by atoms with van der Waals surface area (Å²) in [7, 11) is 0. The van der Waals surface area contributed by atoms with Crippen molar-refractivity contribution < 1.29 is 4.74 Å². The Morgan fingerprint density at radius 1 is 1.29 bits per heavy atom. The molecular weight excluding hydrogens is 515 g/mol. The number of hydrogen-bond donors (Lipinski definition) is 1. The minimum Gasteiger partial charge on any atom is -0.456 e. The van der Waals surface area contributed by atoms with Crippen molar-refractivity contribution in [1.82, 2.24) is 4.98 Å². The van der Waals surface area contributed by atoms with Gasteiger partial charge >= 0.3 is 0 Å².